The molecule has 2 N–H and O–H groups in total. The molecule has 0 saturated carbocycles. The van der Waals surface area contributed by atoms with Crippen molar-refractivity contribution in [2.75, 3.05) is 105 Å². The number of hydrogen-bond donors (Lipinski definition) is 2. The van der Waals surface area contributed by atoms with Gasteiger partial charge < -0.3 is 20.4 Å². The first-order chi connectivity index (χ1) is 11.9. The maximum atomic E-state index is 3.50. The SMILES string of the molecule is C(CN1CC1)NCCN1CC1.C(CNCCCN1CC1)CN1CC1. The third-order valence-electron chi connectivity index (χ3n) is 5.02. The van der Waals surface area contributed by atoms with Gasteiger partial charge in [-0.15, -0.1) is 0 Å². The fourth-order valence-corrected chi connectivity index (χ4v) is 2.76. The van der Waals surface area contributed by atoms with Gasteiger partial charge in [0, 0.05) is 78.5 Å². The molecule has 6 nitrogen and oxygen atoms in total. The van der Waals surface area contributed by atoms with E-state index < -0.39 is 0 Å². The zero-order valence-corrected chi connectivity index (χ0v) is 15.5. The van der Waals surface area contributed by atoms with Gasteiger partial charge in [-0.2, -0.15) is 0 Å². The Labute approximate surface area is 148 Å². The largest absolute Gasteiger partial charge is 0.317 e. The number of nitrogens with zero attached hydrogens (tertiary/aromatic N) is 4. The summed E-state index contributed by atoms with van der Waals surface area (Å²) in [6.45, 7) is 20.5. The molecule has 24 heavy (non-hydrogen) atoms. The highest BCUT2D eigenvalue weighted by molar-refractivity contribution is 4.75. The van der Waals surface area contributed by atoms with Crippen LogP contribution in [0.25, 0.3) is 0 Å². The summed E-state index contributed by atoms with van der Waals surface area (Å²) in [5, 5.41) is 6.94. The minimum Gasteiger partial charge on any atom is -0.317 e. The second-order valence-corrected chi connectivity index (χ2v) is 7.57. The van der Waals surface area contributed by atoms with Gasteiger partial charge in [0.05, 0.1) is 0 Å². The summed E-state index contributed by atoms with van der Waals surface area (Å²) in [5.74, 6) is 0. The summed E-state index contributed by atoms with van der Waals surface area (Å²) in [6.07, 6.45) is 2.65. The Bertz CT molecular complexity index is 293. The van der Waals surface area contributed by atoms with E-state index in [1.54, 1.807) is 0 Å². The van der Waals surface area contributed by atoms with Crippen molar-refractivity contribution in [2.24, 2.45) is 0 Å². The standard InChI is InChI=1S/C10H21N3.C8H17N3/c1(5-12-7-8-12)3-11-4-2-6-13-9-10-13;1(3-10-5-6-10)9-2-4-11-7-8-11/h11H,1-10H2;9H,1-8H2. The Morgan fingerprint density at radius 1 is 0.417 bits per heavy atom. The molecule has 0 unspecified atom stereocenters. The van der Waals surface area contributed by atoms with Crippen LogP contribution in [0, 0.1) is 0 Å². The monoisotopic (exact) mass is 338 g/mol. The van der Waals surface area contributed by atoms with Crippen LogP contribution in [0.5, 0.6) is 0 Å². The first-order valence-electron chi connectivity index (χ1n) is 10.2. The molecule has 0 atom stereocenters. The Kier molecular flexibility index (Phi) is 8.26. The van der Waals surface area contributed by atoms with Gasteiger partial charge in [0.25, 0.3) is 0 Å². The van der Waals surface area contributed by atoms with E-state index >= 15 is 0 Å². The molecule has 0 radical (unpaired) electrons. The maximum absolute atomic E-state index is 3.50. The molecule has 4 rings (SSSR count). The smallest absolute Gasteiger partial charge is 0.0110 e. The molecule has 0 aromatic rings. The van der Waals surface area contributed by atoms with E-state index in [0.29, 0.717) is 0 Å². The Balaban J connectivity index is 0.000000143. The lowest BCUT2D eigenvalue weighted by atomic mass is 10.4. The molecular weight excluding hydrogens is 300 g/mol. The molecule has 0 aromatic heterocycles. The van der Waals surface area contributed by atoms with E-state index in [-0.39, 0.29) is 0 Å². The second-order valence-electron chi connectivity index (χ2n) is 7.57. The summed E-state index contributed by atoms with van der Waals surface area (Å²) < 4.78 is 0. The average Bonchev–Trinajstić information content (AvgIpc) is 3.44. The van der Waals surface area contributed by atoms with Gasteiger partial charge in [-0.25, -0.2) is 0 Å². The van der Waals surface area contributed by atoms with Crippen LogP contribution in [0.2, 0.25) is 0 Å². The second kappa shape index (κ2) is 10.7. The molecule has 4 saturated heterocycles. The van der Waals surface area contributed by atoms with E-state index in [4.69, 9.17) is 0 Å². The average molecular weight is 339 g/mol. The normalized spacial score (nSPS) is 23.0. The van der Waals surface area contributed by atoms with Crippen molar-refractivity contribution in [3.05, 3.63) is 0 Å². The number of rotatable bonds is 14. The zero-order chi connectivity index (χ0) is 16.5. The van der Waals surface area contributed by atoms with Crippen LogP contribution in [0.3, 0.4) is 0 Å². The molecule has 6 heteroatoms. The molecule has 0 spiro atoms. The molecule has 4 fully saturated rings. The fraction of sp³-hybridized carbons (Fsp3) is 1.00. The minimum absolute atomic E-state index is 1.17. The lowest BCUT2D eigenvalue weighted by Gasteiger charge is -2.04. The summed E-state index contributed by atoms with van der Waals surface area (Å²) in [6, 6.07) is 0. The van der Waals surface area contributed by atoms with E-state index in [1.807, 2.05) is 0 Å². The van der Waals surface area contributed by atoms with Gasteiger partial charge in [-0.1, -0.05) is 0 Å². The highest BCUT2D eigenvalue weighted by atomic mass is 15.3. The molecule has 4 aliphatic heterocycles. The van der Waals surface area contributed by atoms with Crippen LogP contribution in [-0.2, 0) is 0 Å². The molecule has 140 valence electrons. The lowest BCUT2D eigenvalue weighted by molar-refractivity contribution is 0.485. The number of hydrogen-bond acceptors (Lipinski definition) is 6. The summed E-state index contributed by atoms with van der Waals surface area (Å²) in [4.78, 5) is 9.87. The molecule has 0 bridgehead atoms. The van der Waals surface area contributed by atoms with Crippen LogP contribution >= 0.6 is 0 Å². The van der Waals surface area contributed by atoms with Gasteiger partial charge >= 0.3 is 0 Å². The van der Waals surface area contributed by atoms with Crippen molar-refractivity contribution in [3.63, 3.8) is 0 Å². The highest BCUT2D eigenvalue weighted by Crippen LogP contribution is 2.04. The third kappa shape index (κ3) is 10.6. The van der Waals surface area contributed by atoms with Crippen molar-refractivity contribution in [2.45, 2.75) is 12.8 Å². The van der Waals surface area contributed by atoms with Crippen molar-refractivity contribution < 1.29 is 0 Å². The molecule has 0 aromatic carbocycles. The Morgan fingerprint density at radius 2 is 0.750 bits per heavy atom. The minimum atomic E-state index is 1.17. The van der Waals surface area contributed by atoms with Crippen LogP contribution < -0.4 is 10.6 Å². The van der Waals surface area contributed by atoms with Crippen molar-refractivity contribution >= 4 is 0 Å². The molecule has 0 amide bonds. The van der Waals surface area contributed by atoms with Gasteiger partial charge in [-0.3, -0.25) is 9.80 Å². The molecule has 4 aliphatic rings. The van der Waals surface area contributed by atoms with Gasteiger partial charge in [0.2, 0.25) is 0 Å². The van der Waals surface area contributed by atoms with Gasteiger partial charge in [0.15, 0.2) is 0 Å². The summed E-state index contributed by atoms with van der Waals surface area (Å²) in [7, 11) is 0. The van der Waals surface area contributed by atoms with Crippen LogP contribution in [-0.4, -0.2) is 124 Å². The van der Waals surface area contributed by atoms with E-state index in [9.17, 15) is 0 Å². The Morgan fingerprint density at radius 3 is 1.12 bits per heavy atom. The highest BCUT2D eigenvalue weighted by Gasteiger charge is 2.17. The summed E-state index contributed by atoms with van der Waals surface area (Å²) in [5.41, 5.74) is 0. The molecule has 0 aliphatic carbocycles. The Hall–Kier alpha value is -0.240. The first-order valence-corrected chi connectivity index (χ1v) is 10.2. The predicted molar refractivity (Wildman–Crippen MR) is 101 cm³/mol. The molecule has 4 heterocycles. The van der Waals surface area contributed by atoms with Crippen LogP contribution in [0.4, 0.5) is 0 Å². The third-order valence-corrected chi connectivity index (χ3v) is 5.02. The lowest BCUT2D eigenvalue weighted by Crippen LogP contribution is -2.26. The van der Waals surface area contributed by atoms with Crippen molar-refractivity contribution in [1.29, 1.82) is 0 Å². The van der Waals surface area contributed by atoms with E-state index in [1.165, 1.54) is 118 Å². The van der Waals surface area contributed by atoms with Gasteiger partial charge in [0.1, 0.15) is 0 Å². The van der Waals surface area contributed by atoms with Crippen LogP contribution in [0.1, 0.15) is 12.8 Å². The molecular formula is C18H38N6. The van der Waals surface area contributed by atoms with Crippen molar-refractivity contribution in [3.8, 4) is 0 Å². The number of nitrogens with one attached hydrogen (secondary N) is 2. The van der Waals surface area contributed by atoms with E-state index in [2.05, 4.69) is 30.2 Å². The maximum Gasteiger partial charge on any atom is 0.0110 e. The summed E-state index contributed by atoms with van der Waals surface area (Å²) >= 11 is 0. The van der Waals surface area contributed by atoms with Crippen LogP contribution in [0.15, 0.2) is 0 Å². The van der Waals surface area contributed by atoms with E-state index in [0.717, 1.165) is 0 Å². The topological polar surface area (TPSA) is 36.1 Å². The zero-order valence-electron chi connectivity index (χ0n) is 15.5. The van der Waals surface area contributed by atoms with Gasteiger partial charge in [-0.05, 0) is 39.0 Å². The quantitative estimate of drug-likeness (QED) is 0.319. The fourth-order valence-electron chi connectivity index (χ4n) is 2.76. The predicted octanol–water partition coefficient (Wildman–Crippen LogP) is -0.805. The van der Waals surface area contributed by atoms with Crippen molar-refractivity contribution in [1.82, 2.24) is 30.2 Å². The first kappa shape index (κ1) is 18.5.